The molecule has 0 saturated carbocycles. The Morgan fingerprint density at radius 3 is 2.41 bits per heavy atom. The number of hydrogen-bond donors (Lipinski definition) is 3. The number of piperidine rings is 1. The molecule has 1 heterocycles. The number of nitrogens with one attached hydrogen (secondary N) is 2. The van der Waals surface area contributed by atoms with Gasteiger partial charge in [-0.3, -0.25) is 4.79 Å². The summed E-state index contributed by atoms with van der Waals surface area (Å²) in [6.45, 7) is 5.09. The first-order chi connectivity index (χ1) is 10.2. The van der Waals surface area contributed by atoms with Crippen molar-refractivity contribution in [3.05, 3.63) is 0 Å². The fourth-order valence-corrected chi connectivity index (χ4v) is 2.52. The second kappa shape index (κ2) is 8.69. The maximum atomic E-state index is 12.0. The van der Waals surface area contributed by atoms with E-state index in [9.17, 15) is 23.1 Å². The zero-order valence-electron chi connectivity index (χ0n) is 13.1. The second-order valence-electron chi connectivity index (χ2n) is 6.06. The molecule has 1 rings (SSSR count). The highest BCUT2D eigenvalue weighted by atomic mass is 19.4. The van der Waals surface area contributed by atoms with E-state index < -0.39 is 24.7 Å². The van der Waals surface area contributed by atoms with Crippen molar-refractivity contribution in [3.63, 3.8) is 0 Å². The van der Waals surface area contributed by atoms with Gasteiger partial charge in [0.05, 0.1) is 12.1 Å². The molecule has 0 aromatic carbocycles. The number of aliphatic hydroxyl groups is 1. The Morgan fingerprint density at radius 2 is 1.91 bits per heavy atom. The fourth-order valence-electron chi connectivity index (χ4n) is 2.52. The van der Waals surface area contributed by atoms with Crippen LogP contribution >= 0.6 is 0 Å². The van der Waals surface area contributed by atoms with E-state index in [1.807, 2.05) is 5.32 Å². The smallest absolute Gasteiger partial charge is 0.392 e. The number of alkyl halides is 3. The number of carbonyl (C=O) groups excluding carboxylic acids is 1. The van der Waals surface area contributed by atoms with E-state index in [1.165, 1.54) is 0 Å². The van der Waals surface area contributed by atoms with Gasteiger partial charge in [0.25, 0.3) is 0 Å². The third-order valence-electron chi connectivity index (χ3n) is 3.80. The Balaban J connectivity index is 2.19. The lowest BCUT2D eigenvalue weighted by molar-refractivity contribution is -0.139. The van der Waals surface area contributed by atoms with Crippen LogP contribution in [0.3, 0.4) is 0 Å². The number of hydrogen-bond acceptors (Lipinski definition) is 4. The average molecular weight is 325 g/mol. The molecule has 1 amide bonds. The van der Waals surface area contributed by atoms with Gasteiger partial charge >= 0.3 is 6.18 Å². The van der Waals surface area contributed by atoms with E-state index in [-0.39, 0.29) is 6.10 Å². The minimum absolute atomic E-state index is 0.341. The number of carbonyl (C=O) groups is 1. The SMILES string of the molecule is C[C@H](NCC1CCN(C[C@@H](C)O)CC1)C(=O)NCC(F)(F)F. The molecule has 3 N–H and O–H groups in total. The zero-order valence-corrected chi connectivity index (χ0v) is 13.1. The summed E-state index contributed by atoms with van der Waals surface area (Å²) in [7, 11) is 0. The zero-order chi connectivity index (χ0) is 16.8. The van der Waals surface area contributed by atoms with Crippen LogP contribution in [-0.2, 0) is 4.79 Å². The highest BCUT2D eigenvalue weighted by molar-refractivity contribution is 5.81. The summed E-state index contributed by atoms with van der Waals surface area (Å²) in [6.07, 6.45) is -2.81. The molecule has 1 saturated heterocycles. The summed E-state index contributed by atoms with van der Waals surface area (Å²) < 4.78 is 36.1. The molecule has 0 bridgehead atoms. The van der Waals surface area contributed by atoms with Gasteiger partial charge in [0.15, 0.2) is 0 Å². The Hall–Kier alpha value is -0.860. The van der Waals surface area contributed by atoms with Gasteiger partial charge in [-0.1, -0.05) is 0 Å². The summed E-state index contributed by atoms with van der Waals surface area (Å²) in [6, 6.07) is -0.641. The minimum atomic E-state index is -4.38. The molecule has 0 aliphatic carbocycles. The molecule has 1 aliphatic heterocycles. The number of halogens is 3. The minimum Gasteiger partial charge on any atom is -0.392 e. The molecule has 0 spiro atoms. The van der Waals surface area contributed by atoms with Crippen molar-refractivity contribution in [1.82, 2.24) is 15.5 Å². The average Bonchev–Trinajstić information content (AvgIpc) is 2.42. The van der Waals surface area contributed by atoms with E-state index in [0.717, 1.165) is 25.9 Å². The fraction of sp³-hybridized carbons (Fsp3) is 0.929. The Morgan fingerprint density at radius 1 is 1.32 bits per heavy atom. The molecule has 0 aromatic heterocycles. The molecule has 1 fully saturated rings. The van der Waals surface area contributed by atoms with E-state index in [2.05, 4.69) is 10.2 Å². The molecule has 0 unspecified atom stereocenters. The second-order valence-corrected chi connectivity index (χ2v) is 6.06. The largest absolute Gasteiger partial charge is 0.405 e. The highest BCUT2D eigenvalue weighted by Crippen LogP contribution is 2.16. The topological polar surface area (TPSA) is 64.6 Å². The summed E-state index contributed by atoms with van der Waals surface area (Å²) >= 11 is 0. The normalized spacial score (nSPS) is 20.6. The van der Waals surface area contributed by atoms with Gasteiger partial charge < -0.3 is 20.6 Å². The number of amides is 1. The standard InChI is InChI=1S/C14H26F3N3O2/c1-10(21)8-20-5-3-12(4-6-20)7-18-11(2)13(22)19-9-14(15,16)17/h10-12,18,21H,3-9H2,1-2H3,(H,19,22)/t10-,11+/m1/s1. The monoisotopic (exact) mass is 325 g/mol. The number of likely N-dealkylation sites (tertiary alicyclic amines) is 1. The van der Waals surface area contributed by atoms with Gasteiger partial charge in [0.2, 0.25) is 5.91 Å². The van der Waals surface area contributed by atoms with Crippen LogP contribution in [0, 0.1) is 5.92 Å². The Kier molecular flexibility index (Phi) is 7.58. The molecule has 22 heavy (non-hydrogen) atoms. The first kappa shape index (κ1) is 19.2. The van der Waals surface area contributed by atoms with Gasteiger partial charge in [-0.15, -0.1) is 0 Å². The van der Waals surface area contributed by atoms with Crippen LogP contribution < -0.4 is 10.6 Å². The molecule has 1 aliphatic rings. The molecule has 0 aromatic rings. The van der Waals surface area contributed by atoms with Crippen molar-refractivity contribution in [2.45, 2.75) is 45.0 Å². The summed E-state index contributed by atoms with van der Waals surface area (Å²) in [4.78, 5) is 13.7. The number of rotatable bonds is 7. The third kappa shape index (κ3) is 7.95. The summed E-state index contributed by atoms with van der Waals surface area (Å²) in [5.74, 6) is -0.230. The predicted molar refractivity (Wildman–Crippen MR) is 77.4 cm³/mol. The maximum Gasteiger partial charge on any atom is 0.405 e. The Labute approximate surface area is 129 Å². The van der Waals surface area contributed by atoms with Crippen molar-refractivity contribution in [2.24, 2.45) is 5.92 Å². The van der Waals surface area contributed by atoms with Crippen molar-refractivity contribution in [2.75, 3.05) is 32.7 Å². The van der Waals surface area contributed by atoms with Crippen LogP contribution in [0.2, 0.25) is 0 Å². The van der Waals surface area contributed by atoms with E-state index in [4.69, 9.17) is 0 Å². The lowest BCUT2D eigenvalue weighted by Crippen LogP contribution is -2.47. The van der Waals surface area contributed by atoms with Crippen LogP contribution in [-0.4, -0.2) is 67.0 Å². The predicted octanol–water partition coefficient (Wildman–Crippen LogP) is 0.736. The molecule has 2 atom stereocenters. The number of aliphatic hydroxyl groups excluding tert-OH is 1. The van der Waals surface area contributed by atoms with Gasteiger partial charge in [-0.25, -0.2) is 0 Å². The number of β-amino-alcohol motifs (C(OH)–C–C–N with tert-alkyl or cyclic N) is 1. The van der Waals surface area contributed by atoms with E-state index in [1.54, 1.807) is 13.8 Å². The number of nitrogens with zero attached hydrogens (tertiary/aromatic N) is 1. The van der Waals surface area contributed by atoms with Crippen molar-refractivity contribution in [1.29, 1.82) is 0 Å². The molecule has 0 radical (unpaired) electrons. The highest BCUT2D eigenvalue weighted by Gasteiger charge is 2.29. The third-order valence-corrected chi connectivity index (χ3v) is 3.80. The van der Waals surface area contributed by atoms with Crippen LogP contribution in [0.4, 0.5) is 13.2 Å². The van der Waals surface area contributed by atoms with Crippen LogP contribution in [0.15, 0.2) is 0 Å². The van der Waals surface area contributed by atoms with Gasteiger partial charge in [-0.2, -0.15) is 13.2 Å². The molecule has 5 nitrogen and oxygen atoms in total. The van der Waals surface area contributed by atoms with Crippen LogP contribution in [0.1, 0.15) is 26.7 Å². The summed E-state index contributed by atoms with van der Waals surface area (Å²) in [5, 5.41) is 14.2. The van der Waals surface area contributed by atoms with Crippen LogP contribution in [0.5, 0.6) is 0 Å². The van der Waals surface area contributed by atoms with Gasteiger partial charge in [0, 0.05) is 6.54 Å². The first-order valence-corrected chi connectivity index (χ1v) is 7.65. The first-order valence-electron chi connectivity index (χ1n) is 7.65. The lowest BCUT2D eigenvalue weighted by atomic mass is 9.96. The van der Waals surface area contributed by atoms with Gasteiger partial charge in [0.1, 0.15) is 6.54 Å². The lowest BCUT2D eigenvalue weighted by Gasteiger charge is -2.33. The van der Waals surface area contributed by atoms with Gasteiger partial charge in [-0.05, 0) is 52.2 Å². The Bertz CT molecular complexity index is 343. The van der Waals surface area contributed by atoms with E-state index in [0.29, 0.717) is 19.0 Å². The van der Waals surface area contributed by atoms with Crippen molar-refractivity contribution < 1.29 is 23.1 Å². The van der Waals surface area contributed by atoms with Crippen molar-refractivity contribution in [3.8, 4) is 0 Å². The van der Waals surface area contributed by atoms with E-state index >= 15 is 0 Å². The molecule has 8 heteroatoms. The molecule has 130 valence electrons. The molecular formula is C14H26F3N3O2. The quantitative estimate of drug-likeness (QED) is 0.646. The summed E-state index contributed by atoms with van der Waals surface area (Å²) in [5.41, 5.74) is 0. The van der Waals surface area contributed by atoms with Crippen LogP contribution in [0.25, 0.3) is 0 Å². The molecular weight excluding hydrogens is 299 g/mol. The maximum absolute atomic E-state index is 12.0. The van der Waals surface area contributed by atoms with Crippen molar-refractivity contribution >= 4 is 5.91 Å².